The lowest BCUT2D eigenvalue weighted by atomic mass is 9.91. The number of aliphatic imine (C=N–C) groups is 1. The van der Waals surface area contributed by atoms with E-state index in [4.69, 9.17) is 27.5 Å². The van der Waals surface area contributed by atoms with Crippen LogP contribution in [0.5, 0.6) is 0 Å². The number of benzene rings is 1. The Hall–Kier alpha value is -1.44. The Balaban J connectivity index is 3.86. The van der Waals surface area contributed by atoms with Gasteiger partial charge in [0.25, 0.3) is 0 Å². The van der Waals surface area contributed by atoms with Gasteiger partial charge >= 0.3 is 5.97 Å². The molecule has 1 unspecified atom stereocenters. The molecule has 0 bridgehead atoms. The second-order valence-electron chi connectivity index (χ2n) is 5.73. The van der Waals surface area contributed by atoms with Gasteiger partial charge in [0.15, 0.2) is 5.70 Å². The summed E-state index contributed by atoms with van der Waals surface area (Å²) in [5.41, 5.74) is 10.5. The first kappa shape index (κ1) is 24.6. The number of nitrogens with two attached hydrogens (primary N) is 1. The number of nitrogens with one attached hydrogen (secondary N) is 2. The molecule has 0 aliphatic rings. The second kappa shape index (κ2) is 12.2. The molecule has 4 N–H and O–H groups in total. The van der Waals surface area contributed by atoms with E-state index >= 15 is 0 Å². The third kappa shape index (κ3) is 6.29. The number of hydrogen-bond donors (Lipinski definition) is 3. The predicted molar refractivity (Wildman–Crippen MR) is 130 cm³/mol. The third-order valence-corrected chi connectivity index (χ3v) is 5.18. The Bertz CT molecular complexity index is 833. The van der Waals surface area contributed by atoms with Gasteiger partial charge in [-0.3, -0.25) is 0 Å². The summed E-state index contributed by atoms with van der Waals surface area (Å²) in [7, 11) is 0. The Morgan fingerprint density at radius 3 is 2.61 bits per heavy atom. The molecule has 0 aromatic heterocycles. The van der Waals surface area contributed by atoms with Gasteiger partial charge < -0.3 is 21.0 Å². The van der Waals surface area contributed by atoms with Gasteiger partial charge in [-0.2, -0.15) is 0 Å². The monoisotopic (exact) mass is 534 g/mol. The number of allylic oxidation sites excluding steroid dienone is 2. The summed E-state index contributed by atoms with van der Waals surface area (Å²) in [4.78, 5) is 16.6. The maximum absolute atomic E-state index is 12.5. The van der Waals surface area contributed by atoms with Crippen molar-refractivity contribution in [2.24, 2.45) is 10.7 Å². The van der Waals surface area contributed by atoms with Crippen LogP contribution in [-0.4, -0.2) is 24.0 Å². The SMILES string of the molecule is CCOC(=O)/C(N=C(C)Cl)=C(N)/C(=C(\C)CC)c1cccc(NPI)c1C=N. The second-order valence-corrected chi connectivity index (χ2v) is 8.34. The molecule has 0 radical (unpaired) electrons. The molecule has 0 saturated heterocycles. The predicted octanol–water partition coefficient (Wildman–Crippen LogP) is 5.61. The van der Waals surface area contributed by atoms with Gasteiger partial charge in [0.1, 0.15) is 5.17 Å². The minimum atomic E-state index is -0.638. The average Bonchev–Trinajstić information content (AvgIpc) is 2.66. The molecule has 28 heavy (non-hydrogen) atoms. The number of carbonyl (C=O) groups excluding carboxylic acids is 1. The Morgan fingerprint density at radius 1 is 1.43 bits per heavy atom. The van der Waals surface area contributed by atoms with E-state index in [0.29, 0.717) is 23.9 Å². The van der Waals surface area contributed by atoms with Gasteiger partial charge in [-0.25, -0.2) is 9.79 Å². The van der Waals surface area contributed by atoms with E-state index in [2.05, 4.69) is 32.1 Å². The molecule has 0 spiro atoms. The van der Waals surface area contributed by atoms with Crippen LogP contribution in [0.4, 0.5) is 5.69 Å². The van der Waals surface area contributed by atoms with E-state index in [0.717, 1.165) is 16.8 Å². The largest absolute Gasteiger partial charge is 0.461 e. The van der Waals surface area contributed by atoms with E-state index in [9.17, 15) is 4.79 Å². The zero-order valence-electron chi connectivity index (χ0n) is 16.3. The highest BCUT2D eigenvalue weighted by atomic mass is 127. The van der Waals surface area contributed by atoms with Gasteiger partial charge in [0.2, 0.25) is 0 Å². The number of esters is 1. The summed E-state index contributed by atoms with van der Waals surface area (Å²) >= 11 is 8.17. The molecule has 0 saturated carbocycles. The standard InChI is InChI=1S/C19H25ClIN4O2P/c1-5-11(3)16(13-8-7-9-15(25-28-21)14(13)10-22)17(23)18(24-12(4)20)19(26)27-6-2/h7-10,22,25,28H,5-6,23H2,1-4H3/b16-11+,18-17+,22-10?,24-12?. The van der Waals surface area contributed by atoms with E-state index in [1.165, 1.54) is 6.21 Å². The topological polar surface area (TPSA) is 101 Å². The van der Waals surface area contributed by atoms with Crippen LogP contribution in [0.1, 0.15) is 45.2 Å². The smallest absolute Gasteiger partial charge is 0.359 e. The quantitative estimate of drug-likeness (QED) is 0.0957. The van der Waals surface area contributed by atoms with E-state index in [-0.39, 0.29) is 23.2 Å². The fourth-order valence-corrected chi connectivity index (χ4v) is 3.84. The molecule has 1 aromatic rings. The van der Waals surface area contributed by atoms with Crippen LogP contribution in [-0.2, 0) is 9.53 Å². The lowest BCUT2D eigenvalue weighted by Gasteiger charge is -2.19. The fourth-order valence-electron chi connectivity index (χ4n) is 2.57. The summed E-state index contributed by atoms with van der Waals surface area (Å²) in [6.07, 6.45) is 2.44. The molecule has 9 heteroatoms. The van der Waals surface area contributed by atoms with Crippen LogP contribution in [0.2, 0.25) is 0 Å². The van der Waals surface area contributed by atoms with E-state index in [1.807, 2.05) is 32.0 Å². The van der Waals surface area contributed by atoms with Crippen LogP contribution in [0, 0.1) is 5.41 Å². The first-order valence-corrected chi connectivity index (χ1v) is 13.1. The molecule has 0 fully saturated rings. The van der Waals surface area contributed by atoms with Crippen molar-refractivity contribution in [3.63, 3.8) is 0 Å². The van der Waals surface area contributed by atoms with Crippen molar-refractivity contribution < 1.29 is 9.53 Å². The molecule has 0 heterocycles. The minimum absolute atomic E-state index is 0.0396. The summed E-state index contributed by atoms with van der Waals surface area (Å²) < 4.78 is 5.12. The molecule has 0 aliphatic carbocycles. The molecule has 152 valence electrons. The first-order chi connectivity index (χ1) is 13.3. The van der Waals surface area contributed by atoms with Gasteiger partial charge in [-0.15, -0.1) is 0 Å². The minimum Gasteiger partial charge on any atom is -0.461 e. The fraction of sp³-hybridized carbons (Fsp3) is 0.316. The van der Waals surface area contributed by atoms with Crippen molar-refractivity contribution in [3.8, 4) is 0 Å². The van der Waals surface area contributed by atoms with Crippen molar-refractivity contribution in [1.29, 1.82) is 5.41 Å². The van der Waals surface area contributed by atoms with Crippen LogP contribution in [0.25, 0.3) is 5.57 Å². The number of hydrogen-bond acceptors (Lipinski definition) is 6. The molecule has 1 rings (SSSR count). The number of carbonyl (C=O) groups is 1. The highest BCUT2D eigenvalue weighted by Gasteiger charge is 2.22. The maximum Gasteiger partial charge on any atom is 0.359 e. The molecule has 1 atom stereocenters. The summed E-state index contributed by atoms with van der Waals surface area (Å²) in [5.74, 6) is -0.638. The number of rotatable bonds is 9. The zero-order chi connectivity index (χ0) is 21.3. The van der Waals surface area contributed by atoms with Crippen LogP contribution < -0.4 is 10.8 Å². The van der Waals surface area contributed by atoms with Crippen molar-refractivity contribution >= 4 is 68.6 Å². The summed E-state index contributed by atoms with van der Waals surface area (Å²) in [6, 6.07) is 5.67. The number of ether oxygens (including phenoxy) is 1. The van der Waals surface area contributed by atoms with Crippen LogP contribution in [0.3, 0.4) is 0 Å². The van der Waals surface area contributed by atoms with Gasteiger partial charge in [0.05, 0.1) is 12.3 Å². The number of nitrogens with zero attached hydrogens (tertiary/aromatic N) is 1. The Kier molecular flexibility index (Phi) is 10.7. The van der Waals surface area contributed by atoms with Gasteiger partial charge in [-0.05, 0) is 60.9 Å². The van der Waals surface area contributed by atoms with Gasteiger partial charge in [-0.1, -0.05) is 36.2 Å². The molecule has 0 aliphatic heterocycles. The maximum atomic E-state index is 12.5. The Labute approximate surface area is 185 Å². The molecule has 0 amide bonds. The highest BCUT2D eigenvalue weighted by molar-refractivity contribution is 14.2. The van der Waals surface area contributed by atoms with Crippen molar-refractivity contribution in [1.82, 2.24) is 0 Å². The highest BCUT2D eigenvalue weighted by Crippen LogP contribution is 2.35. The molecular weight excluding hydrogens is 510 g/mol. The molecule has 1 aromatic carbocycles. The third-order valence-electron chi connectivity index (χ3n) is 3.92. The Morgan fingerprint density at radius 2 is 2.11 bits per heavy atom. The molecule has 6 nitrogen and oxygen atoms in total. The van der Waals surface area contributed by atoms with E-state index < -0.39 is 5.97 Å². The number of anilines is 1. The van der Waals surface area contributed by atoms with Crippen molar-refractivity contribution in [3.05, 3.63) is 46.3 Å². The van der Waals surface area contributed by atoms with Crippen LogP contribution in [0.15, 0.2) is 40.2 Å². The number of halogens is 2. The lowest BCUT2D eigenvalue weighted by Crippen LogP contribution is -2.16. The van der Waals surface area contributed by atoms with Crippen molar-refractivity contribution in [2.45, 2.75) is 34.1 Å². The van der Waals surface area contributed by atoms with E-state index in [1.54, 1.807) is 13.8 Å². The zero-order valence-corrected chi connectivity index (χ0v) is 20.2. The first-order valence-electron chi connectivity index (χ1n) is 8.65. The average molecular weight is 535 g/mol. The summed E-state index contributed by atoms with van der Waals surface area (Å²) in [6.45, 7) is 7.42. The molecular formula is C19H25ClIN4O2P. The van der Waals surface area contributed by atoms with Gasteiger partial charge in [0, 0.05) is 29.4 Å². The summed E-state index contributed by atoms with van der Waals surface area (Å²) in [5, 5.41) is 11.4. The van der Waals surface area contributed by atoms with Crippen molar-refractivity contribution in [2.75, 3.05) is 11.7 Å². The van der Waals surface area contributed by atoms with Crippen LogP contribution >= 0.6 is 40.0 Å². The lowest BCUT2D eigenvalue weighted by molar-refractivity contribution is -0.138. The normalized spacial score (nSPS) is 13.9.